The number of thiophene rings is 1. The average Bonchev–Trinajstić information content (AvgIpc) is 3.00. The number of carbonyl (C=O) groups is 2. The van der Waals surface area contributed by atoms with Crippen LogP contribution in [0.3, 0.4) is 0 Å². The van der Waals surface area contributed by atoms with Gasteiger partial charge >= 0.3 is 6.03 Å². The summed E-state index contributed by atoms with van der Waals surface area (Å²) in [4.78, 5) is 25.8. The molecule has 116 valence electrons. The molecule has 21 heavy (non-hydrogen) atoms. The van der Waals surface area contributed by atoms with E-state index in [1.165, 1.54) is 4.88 Å². The number of hydrogen-bond donors (Lipinski definition) is 3. The molecule has 0 radical (unpaired) electrons. The average molecular weight is 375 g/mol. The lowest BCUT2D eigenvalue weighted by atomic mass is 10.2. The molecule has 1 aliphatic rings. The van der Waals surface area contributed by atoms with E-state index < -0.39 is 0 Å². The number of rotatable bonds is 5. The molecule has 1 aromatic heterocycles. The monoisotopic (exact) mass is 374 g/mol. The normalized spacial score (nSPS) is 16.7. The molecule has 1 unspecified atom stereocenters. The van der Waals surface area contributed by atoms with Gasteiger partial charge in [-0.05, 0) is 40.9 Å². The first kappa shape index (κ1) is 16.5. The Hall–Kier alpha value is -0.920. The van der Waals surface area contributed by atoms with Crippen LogP contribution in [0.5, 0.6) is 0 Å². The molecule has 1 heterocycles. The summed E-state index contributed by atoms with van der Waals surface area (Å²) in [6.07, 6.45) is 4.34. The maximum absolute atomic E-state index is 11.8. The molecule has 1 fully saturated rings. The fraction of sp³-hybridized carbons (Fsp3) is 0.571. The van der Waals surface area contributed by atoms with Gasteiger partial charge in [-0.25, -0.2) is 4.79 Å². The number of hydrogen-bond acceptors (Lipinski definition) is 3. The quantitative estimate of drug-likeness (QED) is 0.727. The molecule has 0 saturated heterocycles. The SMILES string of the molecule is C[NH+](CC(=O)NC(=O)NC1CCCC1)Cc1ccc(Br)s1. The number of carbonyl (C=O) groups excluding carboxylic acids is 2. The molecule has 0 aliphatic heterocycles. The summed E-state index contributed by atoms with van der Waals surface area (Å²) in [6, 6.07) is 3.91. The summed E-state index contributed by atoms with van der Waals surface area (Å²) in [5, 5.41) is 5.26. The fourth-order valence-corrected chi connectivity index (χ4v) is 4.14. The van der Waals surface area contributed by atoms with Crippen LogP contribution in [0.1, 0.15) is 30.6 Å². The minimum atomic E-state index is -0.362. The maximum Gasteiger partial charge on any atom is 0.321 e. The molecule has 5 nitrogen and oxygen atoms in total. The molecule has 1 aromatic rings. The van der Waals surface area contributed by atoms with Gasteiger partial charge in [-0.3, -0.25) is 10.1 Å². The van der Waals surface area contributed by atoms with Gasteiger partial charge < -0.3 is 10.2 Å². The van der Waals surface area contributed by atoms with Gasteiger partial charge in [0, 0.05) is 6.04 Å². The molecule has 7 heteroatoms. The number of amides is 3. The molecule has 3 N–H and O–H groups in total. The Bertz CT molecular complexity index is 500. The minimum absolute atomic E-state index is 0.228. The number of nitrogens with one attached hydrogen (secondary N) is 3. The van der Waals surface area contributed by atoms with Gasteiger partial charge in [0.25, 0.3) is 5.91 Å². The highest BCUT2D eigenvalue weighted by atomic mass is 79.9. The summed E-state index contributed by atoms with van der Waals surface area (Å²) >= 11 is 5.09. The van der Waals surface area contributed by atoms with E-state index >= 15 is 0 Å². The molecule has 1 saturated carbocycles. The van der Waals surface area contributed by atoms with Crippen molar-refractivity contribution in [3.63, 3.8) is 0 Å². The van der Waals surface area contributed by atoms with Gasteiger partial charge in [-0.1, -0.05) is 12.8 Å². The Balaban J connectivity index is 1.69. The topological polar surface area (TPSA) is 62.6 Å². The zero-order valence-corrected chi connectivity index (χ0v) is 14.5. The molecule has 1 aliphatic carbocycles. The summed E-state index contributed by atoms with van der Waals surface area (Å²) in [5.41, 5.74) is 0. The summed E-state index contributed by atoms with van der Waals surface area (Å²) in [7, 11) is 1.95. The third kappa shape index (κ3) is 5.76. The van der Waals surface area contributed by atoms with Gasteiger partial charge in [0.1, 0.15) is 6.54 Å². The van der Waals surface area contributed by atoms with E-state index in [2.05, 4.69) is 26.6 Å². The van der Waals surface area contributed by atoms with Crippen molar-refractivity contribution in [3.8, 4) is 0 Å². The molecule has 2 rings (SSSR count). The van der Waals surface area contributed by atoms with Crippen LogP contribution in [0, 0.1) is 0 Å². The van der Waals surface area contributed by atoms with Crippen LogP contribution < -0.4 is 15.5 Å². The largest absolute Gasteiger partial charge is 0.335 e. The van der Waals surface area contributed by atoms with E-state index in [1.54, 1.807) is 11.3 Å². The van der Waals surface area contributed by atoms with E-state index in [0.717, 1.165) is 40.9 Å². The Morgan fingerprint density at radius 1 is 1.38 bits per heavy atom. The van der Waals surface area contributed by atoms with Gasteiger partial charge in [0.15, 0.2) is 6.54 Å². The fourth-order valence-electron chi connectivity index (χ4n) is 2.54. The Morgan fingerprint density at radius 2 is 2.10 bits per heavy atom. The zero-order chi connectivity index (χ0) is 15.2. The summed E-state index contributed by atoms with van der Waals surface area (Å²) in [6.45, 7) is 1.06. The molecule has 0 spiro atoms. The Labute approximate surface area is 137 Å². The summed E-state index contributed by atoms with van der Waals surface area (Å²) in [5.74, 6) is -0.237. The van der Waals surface area contributed by atoms with Crippen molar-refractivity contribution in [1.82, 2.24) is 10.6 Å². The van der Waals surface area contributed by atoms with Crippen molar-refractivity contribution in [2.45, 2.75) is 38.3 Å². The first-order chi connectivity index (χ1) is 10.0. The lowest BCUT2D eigenvalue weighted by Gasteiger charge is -2.14. The predicted molar refractivity (Wildman–Crippen MR) is 86.4 cm³/mol. The molecule has 1 atom stereocenters. The predicted octanol–water partition coefficient (Wildman–Crippen LogP) is 1.29. The van der Waals surface area contributed by atoms with Crippen LogP contribution in [0.2, 0.25) is 0 Å². The van der Waals surface area contributed by atoms with Crippen LogP contribution in [-0.4, -0.2) is 31.6 Å². The lowest BCUT2D eigenvalue weighted by molar-refractivity contribution is -0.885. The molecular formula is C14H21BrN3O2S+. The van der Waals surface area contributed by atoms with Crippen LogP contribution >= 0.6 is 27.3 Å². The number of urea groups is 1. The van der Waals surface area contributed by atoms with Crippen molar-refractivity contribution in [1.29, 1.82) is 0 Å². The minimum Gasteiger partial charge on any atom is -0.335 e. The second kappa shape index (κ2) is 7.91. The number of likely N-dealkylation sites (N-methyl/N-ethyl adjacent to an activating group) is 1. The Kier molecular flexibility index (Phi) is 6.20. The van der Waals surface area contributed by atoms with Crippen molar-refractivity contribution in [2.75, 3.05) is 13.6 Å². The van der Waals surface area contributed by atoms with Crippen molar-refractivity contribution in [2.24, 2.45) is 0 Å². The molecule has 0 aromatic carbocycles. The Morgan fingerprint density at radius 3 is 2.71 bits per heavy atom. The molecule has 0 bridgehead atoms. The van der Waals surface area contributed by atoms with E-state index in [1.807, 2.05) is 19.2 Å². The highest BCUT2D eigenvalue weighted by molar-refractivity contribution is 9.11. The van der Waals surface area contributed by atoms with Gasteiger partial charge in [0.05, 0.1) is 15.7 Å². The van der Waals surface area contributed by atoms with E-state index in [0.29, 0.717) is 0 Å². The van der Waals surface area contributed by atoms with Crippen molar-refractivity contribution < 1.29 is 14.5 Å². The highest BCUT2D eigenvalue weighted by Gasteiger charge is 2.19. The smallest absolute Gasteiger partial charge is 0.321 e. The highest BCUT2D eigenvalue weighted by Crippen LogP contribution is 2.21. The number of quaternary nitrogens is 1. The van der Waals surface area contributed by atoms with Crippen LogP contribution in [-0.2, 0) is 11.3 Å². The number of halogens is 1. The molecular weight excluding hydrogens is 354 g/mol. The second-order valence-electron chi connectivity index (χ2n) is 5.52. The first-order valence-electron chi connectivity index (χ1n) is 7.19. The third-order valence-electron chi connectivity index (χ3n) is 3.51. The van der Waals surface area contributed by atoms with E-state index in [-0.39, 0.29) is 24.5 Å². The zero-order valence-electron chi connectivity index (χ0n) is 12.1. The molecule has 3 amide bonds. The van der Waals surface area contributed by atoms with Crippen LogP contribution in [0.4, 0.5) is 4.79 Å². The standard InChI is InChI=1S/C14H20BrN3O2S/c1-18(8-11-6-7-12(15)21-11)9-13(19)17-14(20)16-10-4-2-3-5-10/h6-7,10H,2-5,8-9H2,1H3,(H2,16,17,19,20)/p+1. The van der Waals surface area contributed by atoms with E-state index in [9.17, 15) is 9.59 Å². The third-order valence-corrected chi connectivity index (χ3v) is 5.13. The van der Waals surface area contributed by atoms with E-state index in [4.69, 9.17) is 0 Å². The first-order valence-corrected chi connectivity index (χ1v) is 8.80. The van der Waals surface area contributed by atoms with Gasteiger partial charge in [0.2, 0.25) is 0 Å². The van der Waals surface area contributed by atoms with Crippen molar-refractivity contribution >= 4 is 39.2 Å². The number of imide groups is 1. The van der Waals surface area contributed by atoms with Gasteiger partial charge in [-0.2, -0.15) is 0 Å². The van der Waals surface area contributed by atoms with Crippen molar-refractivity contribution in [3.05, 3.63) is 20.8 Å². The van der Waals surface area contributed by atoms with Crippen LogP contribution in [0.25, 0.3) is 0 Å². The van der Waals surface area contributed by atoms with Gasteiger partial charge in [-0.15, -0.1) is 11.3 Å². The second-order valence-corrected chi connectivity index (χ2v) is 8.07. The lowest BCUT2D eigenvalue weighted by Crippen LogP contribution is -3.08. The maximum atomic E-state index is 11.8. The summed E-state index contributed by atoms with van der Waals surface area (Å²) < 4.78 is 1.09. The van der Waals surface area contributed by atoms with Crippen LogP contribution in [0.15, 0.2) is 15.9 Å².